The van der Waals surface area contributed by atoms with Gasteiger partial charge in [-0.05, 0) is 31.6 Å². The number of phenolic OH excluding ortho intramolecular Hbond substituents is 1. The minimum absolute atomic E-state index is 0.116. The summed E-state index contributed by atoms with van der Waals surface area (Å²) in [7, 11) is 0. The Morgan fingerprint density at radius 1 is 1.41 bits per heavy atom. The predicted octanol–water partition coefficient (Wildman–Crippen LogP) is 1.97. The van der Waals surface area contributed by atoms with Crippen LogP contribution in [-0.4, -0.2) is 22.1 Å². The summed E-state index contributed by atoms with van der Waals surface area (Å²) in [5.41, 5.74) is 1.30. The van der Waals surface area contributed by atoms with Gasteiger partial charge in [-0.15, -0.1) is 0 Å². The van der Waals surface area contributed by atoms with E-state index in [0.717, 1.165) is 0 Å². The van der Waals surface area contributed by atoms with Gasteiger partial charge in [0, 0.05) is 5.56 Å². The molecule has 1 heterocycles. The number of ether oxygens (including phenoxy) is 1. The monoisotopic (exact) mass is 234 g/mol. The van der Waals surface area contributed by atoms with E-state index in [9.17, 15) is 15.0 Å². The number of Topliss-reactive ketones (excluding diaryl/α,β-unsaturated/α-hetero) is 1. The Hall–Kier alpha value is -1.81. The van der Waals surface area contributed by atoms with Gasteiger partial charge >= 0.3 is 0 Å². The Balaban J connectivity index is 2.58. The molecule has 0 aliphatic carbocycles. The molecule has 0 spiro atoms. The number of carbonyl (C=O) groups excluding carboxylic acids is 1. The summed E-state index contributed by atoms with van der Waals surface area (Å²) in [6.07, 6.45) is -1.41. The quantitative estimate of drug-likeness (QED) is 0.606. The lowest BCUT2D eigenvalue weighted by molar-refractivity contribution is 0.0884. The van der Waals surface area contributed by atoms with Crippen LogP contribution in [0.25, 0.3) is 0 Å². The average molecular weight is 234 g/mol. The summed E-state index contributed by atoms with van der Waals surface area (Å²) in [4.78, 5) is 11.5. The molecule has 2 N–H and O–H groups in total. The average Bonchev–Trinajstić information content (AvgIpc) is 2.55. The first kappa shape index (κ1) is 11.7. The van der Waals surface area contributed by atoms with Crippen molar-refractivity contribution in [1.29, 1.82) is 0 Å². The normalized spacial score (nSPS) is 21.8. The zero-order valence-electron chi connectivity index (χ0n) is 9.73. The highest BCUT2D eigenvalue weighted by atomic mass is 16.5. The molecule has 0 unspecified atom stereocenters. The Bertz CT molecular complexity index is 504. The van der Waals surface area contributed by atoms with Crippen LogP contribution in [0.3, 0.4) is 0 Å². The van der Waals surface area contributed by atoms with Crippen LogP contribution in [0.4, 0.5) is 0 Å². The second-order valence-electron chi connectivity index (χ2n) is 4.26. The van der Waals surface area contributed by atoms with Gasteiger partial charge in [0.25, 0.3) is 0 Å². The largest absolute Gasteiger partial charge is 0.507 e. The van der Waals surface area contributed by atoms with Gasteiger partial charge in [-0.3, -0.25) is 4.79 Å². The van der Waals surface area contributed by atoms with Crippen molar-refractivity contribution >= 4 is 5.78 Å². The fourth-order valence-corrected chi connectivity index (χ4v) is 2.01. The number of rotatable bonds is 2. The highest BCUT2D eigenvalue weighted by molar-refractivity contribution is 6.00. The minimum Gasteiger partial charge on any atom is -0.507 e. The number of ketones is 1. The van der Waals surface area contributed by atoms with Gasteiger partial charge in [-0.1, -0.05) is 6.58 Å². The van der Waals surface area contributed by atoms with Crippen molar-refractivity contribution < 1.29 is 19.7 Å². The molecule has 2 atom stereocenters. The summed E-state index contributed by atoms with van der Waals surface area (Å²) in [6, 6.07) is 2.95. The van der Waals surface area contributed by atoms with E-state index in [1.54, 1.807) is 13.0 Å². The molecule has 90 valence electrons. The summed E-state index contributed by atoms with van der Waals surface area (Å²) in [5.74, 6) is -0.169. The molecule has 0 fully saturated rings. The van der Waals surface area contributed by atoms with Crippen molar-refractivity contribution in [2.24, 2.45) is 0 Å². The molecule has 0 amide bonds. The molecule has 0 saturated carbocycles. The molecule has 1 aromatic rings. The fraction of sp³-hybridized carbons (Fsp3) is 0.308. The van der Waals surface area contributed by atoms with E-state index in [2.05, 4.69) is 6.58 Å². The number of phenols is 1. The van der Waals surface area contributed by atoms with Crippen molar-refractivity contribution in [1.82, 2.24) is 0 Å². The highest BCUT2D eigenvalue weighted by Gasteiger charge is 2.36. The fourth-order valence-electron chi connectivity index (χ4n) is 2.01. The number of aliphatic hydroxyl groups excluding tert-OH is 1. The van der Waals surface area contributed by atoms with E-state index in [1.807, 2.05) is 0 Å². The van der Waals surface area contributed by atoms with E-state index >= 15 is 0 Å². The zero-order valence-corrected chi connectivity index (χ0v) is 9.73. The second kappa shape index (κ2) is 3.89. The molecule has 4 nitrogen and oxygen atoms in total. The molecule has 1 aromatic carbocycles. The molecule has 1 aliphatic heterocycles. The first-order valence-electron chi connectivity index (χ1n) is 5.30. The third-order valence-electron chi connectivity index (χ3n) is 2.85. The van der Waals surface area contributed by atoms with Crippen molar-refractivity contribution in [2.75, 3.05) is 0 Å². The topological polar surface area (TPSA) is 66.8 Å². The van der Waals surface area contributed by atoms with Gasteiger partial charge < -0.3 is 14.9 Å². The summed E-state index contributed by atoms with van der Waals surface area (Å²) < 4.78 is 5.52. The van der Waals surface area contributed by atoms with Crippen LogP contribution in [0, 0.1) is 0 Å². The van der Waals surface area contributed by atoms with Crippen LogP contribution in [0.15, 0.2) is 24.3 Å². The van der Waals surface area contributed by atoms with Crippen LogP contribution in [0.1, 0.15) is 35.9 Å². The Kier molecular flexibility index (Phi) is 2.67. The van der Waals surface area contributed by atoms with Crippen LogP contribution < -0.4 is 4.74 Å². The zero-order chi connectivity index (χ0) is 12.7. The lowest BCUT2D eigenvalue weighted by Crippen LogP contribution is -2.19. The first-order valence-corrected chi connectivity index (χ1v) is 5.30. The van der Waals surface area contributed by atoms with Gasteiger partial charge in [0.1, 0.15) is 29.3 Å². The molecule has 1 aliphatic rings. The van der Waals surface area contributed by atoms with Crippen molar-refractivity contribution in [3.8, 4) is 11.5 Å². The van der Waals surface area contributed by atoms with Gasteiger partial charge in [0.15, 0.2) is 5.78 Å². The molecule has 4 heteroatoms. The minimum atomic E-state index is -0.846. The third kappa shape index (κ3) is 1.70. The van der Waals surface area contributed by atoms with E-state index in [4.69, 9.17) is 4.74 Å². The standard InChI is InChI=1S/C13H14O4/c1-6(2)12-11(16)8-4-5-9(15)10(7(3)14)13(8)17-12/h4-5,11-12,15-16H,1H2,2-3H3/t11-,12+/m0/s1. The predicted molar refractivity (Wildman–Crippen MR) is 62.3 cm³/mol. The molecule has 0 bridgehead atoms. The third-order valence-corrected chi connectivity index (χ3v) is 2.85. The van der Waals surface area contributed by atoms with Crippen LogP contribution in [0.5, 0.6) is 11.5 Å². The lowest BCUT2D eigenvalue weighted by atomic mass is 9.99. The number of hydrogen-bond acceptors (Lipinski definition) is 4. The highest BCUT2D eigenvalue weighted by Crippen LogP contribution is 2.44. The number of benzene rings is 1. The number of aromatic hydroxyl groups is 1. The van der Waals surface area contributed by atoms with Crippen LogP contribution >= 0.6 is 0 Å². The summed E-state index contributed by atoms with van der Waals surface area (Å²) in [5, 5.41) is 19.7. The second-order valence-corrected chi connectivity index (χ2v) is 4.26. The maximum Gasteiger partial charge on any atom is 0.167 e. The SMILES string of the molecule is C=C(C)[C@H]1Oc2c(ccc(O)c2C(C)=O)[C@@H]1O. The maximum absolute atomic E-state index is 11.5. The smallest absolute Gasteiger partial charge is 0.167 e. The van der Waals surface area contributed by atoms with Crippen LogP contribution in [-0.2, 0) is 0 Å². The summed E-state index contributed by atoms with van der Waals surface area (Å²) >= 11 is 0. The molecule has 0 radical (unpaired) electrons. The van der Waals surface area contributed by atoms with Crippen molar-refractivity contribution in [3.05, 3.63) is 35.4 Å². The molecular formula is C13H14O4. The van der Waals surface area contributed by atoms with Gasteiger partial charge in [-0.25, -0.2) is 0 Å². The molecular weight excluding hydrogens is 220 g/mol. The number of fused-ring (bicyclic) bond motifs is 1. The molecule has 0 aromatic heterocycles. The van der Waals surface area contributed by atoms with Crippen molar-refractivity contribution in [3.63, 3.8) is 0 Å². The van der Waals surface area contributed by atoms with E-state index in [0.29, 0.717) is 11.1 Å². The van der Waals surface area contributed by atoms with E-state index in [1.165, 1.54) is 13.0 Å². The van der Waals surface area contributed by atoms with E-state index < -0.39 is 12.2 Å². The number of carbonyl (C=O) groups is 1. The number of aliphatic hydroxyl groups is 1. The lowest BCUT2D eigenvalue weighted by Gasteiger charge is -2.14. The first-order chi connectivity index (χ1) is 7.93. The maximum atomic E-state index is 11.5. The van der Waals surface area contributed by atoms with Gasteiger partial charge in [0.2, 0.25) is 0 Å². The van der Waals surface area contributed by atoms with E-state index in [-0.39, 0.29) is 22.8 Å². The molecule has 17 heavy (non-hydrogen) atoms. The van der Waals surface area contributed by atoms with Gasteiger partial charge in [0.05, 0.1) is 0 Å². The Morgan fingerprint density at radius 2 is 2.06 bits per heavy atom. The molecule has 0 saturated heterocycles. The van der Waals surface area contributed by atoms with Gasteiger partial charge in [-0.2, -0.15) is 0 Å². The summed E-state index contributed by atoms with van der Waals surface area (Å²) in [6.45, 7) is 6.82. The Labute approximate surface area is 99.2 Å². The number of hydrogen-bond donors (Lipinski definition) is 2. The van der Waals surface area contributed by atoms with Crippen LogP contribution in [0.2, 0.25) is 0 Å². The Morgan fingerprint density at radius 3 is 2.59 bits per heavy atom. The van der Waals surface area contributed by atoms with Crippen molar-refractivity contribution in [2.45, 2.75) is 26.1 Å². The molecule has 2 rings (SSSR count).